The van der Waals surface area contributed by atoms with E-state index in [4.69, 9.17) is 0 Å². The van der Waals surface area contributed by atoms with Crippen molar-refractivity contribution in [3.8, 4) is 11.1 Å². The lowest BCUT2D eigenvalue weighted by atomic mass is 9.84. The fraction of sp³-hybridized carbons (Fsp3) is 0.333. The minimum Gasteiger partial charge on any atom is -0.0619 e. The van der Waals surface area contributed by atoms with Gasteiger partial charge in [-0.1, -0.05) is 63.2 Å². The normalized spacial score (nSPS) is 13.3. The molecular formula is C18H20. The van der Waals surface area contributed by atoms with Crippen molar-refractivity contribution in [1.29, 1.82) is 0 Å². The van der Waals surface area contributed by atoms with Crippen LogP contribution in [0.5, 0.6) is 0 Å². The number of fused-ring (bicyclic) bond motifs is 3. The number of hydrogen-bond acceptors (Lipinski definition) is 0. The van der Waals surface area contributed by atoms with Crippen LogP contribution in [0.25, 0.3) is 11.1 Å². The molecule has 1 aliphatic carbocycles. The van der Waals surface area contributed by atoms with E-state index in [1.54, 1.807) is 0 Å². The summed E-state index contributed by atoms with van der Waals surface area (Å²) >= 11 is 0. The first-order chi connectivity index (χ1) is 8.54. The molecule has 0 nitrogen and oxygen atoms in total. The maximum Gasteiger partial charge on any atom is -0.00134 e. The van der Waals surface area contributed by atoms with Crippen molar-refractivity contribution in [1.82, 2.24) is 0 Å². The van der Waals surface area contributed by atoms with Gasteiger partial charge < -0.3 is 0 Å². The summed E-state index contributed by atoms with van der Waals surface area (Å²) in [6, 6.07) is 15.6. The molecule has 92 valence electrons. The van der Waals surface area contributed by atoms with E-state index in [2.05, 4.69) is 63.2 Å². The van der Waals surface area contributed by atoms with Crippen molar-refractivity contribution in [2.24, 2.45) is 5.41 Å². The van der Waals surface area contributed by atoms with E-state index >= 15 is 0 Å². The van der Waals surface area contributed by atoms with Crippen molar-refractivity contribution < 1.29 is 0 Å². The van der Waals surface area contributed by atoms with Crippen LogP contribution in [0.2, 0.25) is 0 Å². The van der Waals surface area contributed by atoms with Crippen LogP contribution in [-0.2, 0) is 12.8 Å². The van der Waals surface area contributed by atoms with Crippen LogP contribution in [0.3, 0.4) is 0 Å². The van der Waals surface area contributed by atoms with E-state index in [1.165, 1.54) is 27.8 Å². The average molecular weight is 236 g/mol. The van der Waals surface area contributed by atoms with E-state index in [1.807, 2.05) is 0 Å². The van der Waals surface area contributed by atoms with Crippen molar-refractivity contribution in [3.05, 3.63) is 59.2 Å². The van der Waals surface area contributed by atoms with Crippen LogP contribution < -0.4 is 0 Å². The first-order valence-electron chi connectivity index (χ1n) is 6.74. The van der Waals surface area contributed by atoms with Crippen molar-refractivity contribution >= 4 is 0 Å². The summed E-state index contributed by atoms with van der Waals surface area (Å²) in [7, 11) is 0. The van der Waals surface area contributed by atoms with Gasteiger partial charge in [-0.3, -0.25) is 0 Å². The molecule has 2 aromatic rings. The molecular weight excluding hydrogens is 216 g/mol. The fourth-order valence-electron chi connectivity index (χ4n) is 2.99. The summed E-state index contributed by atoms with van der Waals surface area (Å²) in [6.45, 7) is 6.94. The summed E-state index contributed by atoms with van der Waals surface area (Å²) in [4.78, 5) is 0. The Morgan fingerprint density at radius 2 is 1.61 bits per heavy atom. The standard InChI is InChI=1S/C18H20/c1-18(2,3)12-15-9-6-8-14-11-13-7-4-5-10-16(13)17(14)15/h4-10H,11-12H2,1-3H3. The zero-order chi connectivity index (χ0) is 12.8. The minimum atomic E-state index is 0.340. The summed E-state index contributed by atoms with van der Waals surface area (Å²) in [6.07, 6.45) is 2.24. The topological polar surface area (TPSA) is 0 Å². The van der Waals surface area contributed by atoms with Gasteiger partial charge in [0.25, 0.3) is 0 Å². The highest BCUT2D eigenvalue weighted by atomic mass is 14.3. The maximum absolute atomic E-state index is 2.31. The second kappa shape index (κ2) is 3.98. The Bertz CT molecular complexity index is 585. The van der Waals surface area contributed by atoms with Crippen molar-refractivity contribution in [2.75, 3.05) is 0 Å². The summed E-state index contributed by atoms with van der Waals surface area (Å²) < 4.78 is 0. The van der Waals surface area contributed by atoms with Crippen LogP contribution in [-0.4, -0.2) is 0 Å². The Hall–Kier alpha value is -1.56. The van der Waals surface area contributed by atoms with Crippen LogP contribution in [0, 0.1) is 5.41 Å². The molecule has 0 aromatic heterocycles. The van der Waals surface area contributed by atoms with Gasteiger partial charge >= 0.3 is 0 Å². The summed E-state index contributed by atoms with van der Waals surface area (Å²) in [5, 5.41) is 0. The maximum atomic E-state index is 2.31. The molecule has 0 fully saturated rings. The van der Waals surface area contributed by atoms with Crippen molar-refractivity contribution in [3.63, 3.8) is 0 Å². The smallest absolute Gasteiger partial charge is 0.00134 e. The molecule has 0 saturated heterocycles. The molecule has 0 amide bonds. The molecule has 1 aliphatic rings. The highest BCUT2D eigenvalue weighted by molar-refractivity contribution is 5.79. The second-order valence-corrected chi connectivity index (χ2v) is 6.52. The highest BCUT2D eigenvalue weighted by Gasteiger charge is 2.22. The molecule has 0 unspecified atom stereocenters. The molecule has 0 aliphatic heterocycles. The molecule has 18 heavy (non-hydrogen) atoms. The molecule has 0 radical (unpaired) electrons. The van der Waals surface area contributed by atoms with Gasteiger partial charge in [-0.2, -0.15) is 0 Å². The van der Waals surface area contributed by atoms with Crippen LogP contribution >= 0.6 is 0 Å². The molecule has 3 rings (SSSR count). The molecule has 0 spiro atoms. The number of rotatable bonds is 1. The lowest BCUT2D eigenvalue weighted by molar-refractivity contribution is 0.411. The molecule has 0 heteroatoms. The van der Waals surface area contributed by atoms with E-state index in [0.29, 0.717) is 5.41 Å². The molecule has 0 heterocycles. The fourth-order valence-corrected chi connectivity index (χ4v) is 2.99. The Balaban J connectivity index is 2.14. The Labute approximate surface area is 110 Å². The van der Waals surface area contributed by atoms with Gasteiger partial charge in [-0.05, 0) is 46.1 Å². The Morgan fingerprint density at radius 1 is 0.889 bits per heavy atom. The van der Waals surface area contributed by atoms with Gasteiger partial charge in [-0.15, -0.1) is 0 Å². The molecule has 2 aromatic carbocycles. The summed E-state index contributed by atoms with van der Waals surface area (Å²) in [5.41, 5.74) is 7.78. The molecule has 0 atom stereocenters. The largest absolute Gasteiger partial charge is 0.0619 e. The number of hydrogen-bond donors (Lipinski definition) is 0. The minimum absolute atomic E-state index is 0.340. The zero-order valence-corrected chi connectivity index (χ0v) is 11.5. The van der Waals surface area contributed by atoms with Gasteiger partial charge in [0.05, 0.1) is 0 Å². The third kappa shape index (κ3) is 1.96. The Kier molecular flexibility index (Phi) is 2.55. The van der Waals surface area contributed by atoms with Gasteiger partial charge in [0, 0.05) is 0 Å². The van der Waals surface area contributed by atoms with Gasteiger partial charge in [0.15, 0.2) is 0 Å². The summed E-state index contributed by atoms with van der Waals surface area (Å²) in [5.74, 6) is 0. The van der Waals surface area contributed by atoms with Crippen molar-refractivity contribution in [2.45, 2.75) is 33.6 Å². The average Bonchev–Trinajstić information content (AvgIpc) is 2.66. The molecule has 0 saturated carbocycles. The zero-order valence-electron chi connectivity index (χ0n) is 11.5. The third-order valence-corrected chi connectivity index (χ3v) is 3.63. The first-order valence-corrected chi connectivity index (χ1v) is 6.74. The van der Waals surface area contributed by atoms with Gasteiger partial charge in [0.2, 0.25) is 0 Å². The van der Waals surface area contributed by atoms with Crippen LogP contribution in [0.1, 0.15) is 37.5 Å². The molecule has 0 N–H and O–H groups in total. The van der Waals surface area contributed by atoms with E-state index in [9.17, 15) is 0 Å². The van der Waals surface area contributed by atoms with E-state index in [0.717, 1.165) is 12.8 Å². The van der Waals surface area contributed by atoms with E-state index in [-0.39, 0.29) is 0 Å². The second-order valence-electron chi connectivity index (χ2n) is 6.52. The Morgan fingerprint density at radius 3 is 2.39 bits per heavy atom. The predicted molar refractivity (Wildman–Crippen MR) is 77.8 cm³/mol. The SMILES string of the molecule is CC(C)(C)Cc1cccc2c1-c1ccccc1C2. The monoisotopic (exact) mass is 236 g/mol. The lowest BCUT2D eigenvalue weighted by Gasteiger charge is -2.20. The first kappa shape index (κ1) is 11.5. The predicted octanol–water partition coefficient (Wildman–Crippen LogP) is 4.85. The third-order valence-electron chi connectivity index (χ3n) is 3.63. The highest BCUT2D eigenvalue weighted by Crippen LogP contribution is 2.40. The van der Waals surface area contributed by atoms with Crippen LogP contribution in [0.15, 0.2) is 42.5 Å². The van der Waals surface area contributed by atoms with Gasteiger partial charge in [-0.25, -0.2) is 0 Å². The van der Waals surface area contributed by atoms with Crippen LogP contribution in [0.4, 0.5) is 0 Å². The number of benzene rings is 2. The quantitative estimate of drug-likeness (QED) is 0.567. The van der Waals surface area contributed by atoms with E-state index < -0.39 is 0 Å². The molecule has 0 bridgehead atoms. The lowest BCUT2D eigenvalue weighted by Crippen LogP contribution is -2.10. The van der Waals surface area contributed by atoms with Gasteiger partial charge in [0.1, 0.15) is 0 Å².